The third kappa shape index (κ3) is 5.06. The number of anilines is 1. The van der Waals surface area contributed by atoms with Crippen molar-refractivity contribution in [2.24, 2.45) is 0 Å². The van der Waals surface area contributed by atoms with E-state index in [0.29, 0.717) is 43.1 Å². The van der Waals surface area contributed by atoms with Crippen LogP contribution in [0.5, 0.6) is 5.75 Å². The summed E-state index contributed by atoms with van der Waals surface area (Å²) in [6.07, 6.45) is 2.41. The van der Waals surface area contributed by atoms with Gasteiger partial charge in [0.2, 0.25) is 10.6 Å². The van der Waals surface area contributed by atoms with Crippen molar-refractivity contribution in [2.45, 2.75) is 28.8 Å². The number of ether oxygens (including phenoxy) is 1. The van der Waals surface area contributed by atoms with Gasteiger partial charge in [0, 0.05) is 21.7 Å². The van der Waals surface area contributed by atoms with E-state index in [1.54, 1.807) is 19.2 Å². The Balaban J connectivity index is 1.42. The molecule has 0 bridgehead atoms. The fourth-order valence-electron chi connectivity index (χ4n) is 3.92. The number of halogens is 2. The Morgan fingerprint density at radius 1 is 1.20 bits per heavy atom. The van der Waals surface area contributed by atoms with E-state index >= 15 is 0 Å². The molecular weight excluding hydrogens is 572 g/mol. The van der Waals surface area contributed by atoms with Crippen molar-refractivity contribution in [2.75, 3.05) is 18.2 Å². The van der Waals surface area contributed by atoms with Gasteiger partial charge in [-0.1, -0.05) is 35.5 Å². The number of carbonyl (C=O) groups is 1. The van der Waals surface area contributed by atoms with Crippen LogP contribution in [0.1, 0.15) is 24.3 Å². The van der Waals surface area contributed by atoms with Crippen molar-refractivity contribution < 1.29 is 13.7 Å². The molecular formula is C24H19BrClN4O3S2+. The standard InChI is InChI=1S/C24H18BrClN4O3S2/c1-33-14-4-6-17-16(13-2-3-13)7-9-21(18(17)10-14)30-23(25)28-29-24(30)34-12-22(31)27-20-8-5-15(35-32)11-19(20)26/h4-11,13H,2-3,12H2,1H3/p+1. The van der Waals surface area contributed by atoms with Crippen LogP contribution in [-0.2, 0) is 20.7 Å². The number of amides is 1. The molecule has 0 unspecified atom stereocenters. The molecule has 0 aliphatic heterocycles. The maximum atomic E-state index is 12.6. The molecule has 3 aromatic carbocycles. The first-order chi connectivity index (χ1) is 17.0. The fourth-order valence-corrected chi connectivity index (χ4v) is 5.80. The lowest BCUT2D eigenvalue weighted by Crippen LogP contribution is -2.15. The number of methoxy groups -OCH3 is 1. The highest BCUT2D eigenvalue weighted by molar-refractivity contribution is 9.10. The number of hydrogen-bond donors (Lipinski definition) is 1. The molecule has 35 heavy (non-hydrogen) atoms. The van der Waals surface area contributed by atoms with E-state index in [9.17, 15) is 9.00 Å². The highest BCUT2D eigenvalue weighted by atomic mass is 79.9. The van der Waals surface area contributed by atoms with Crippen LogP contribution < -0.4 is 10.1 Å². The summed E-state index contributed by atoms with van der Waals surface area (Å²) in [5, 5.41) is 14.4. The van der Waals surface area contributed by atoms with Crippen molar-refractivity contribution in [1.82, 2.24) is 14.8 Å². The first kappa shape index (κ1) is 24.2. The molecule has 1 aliphatic rings. The quantitative estimate of drug-likeness (QED) is 0.193. The molecule has 1 aliphatic carbocycles. The number of nitrogens with zero attached hydrogens (tertiary/aromatic N) is 3. The van der Waals surface area contributed by atoms with Crippen molar-refractivity contribution >= 4 is 73.3 Å². The van der Waals surface area contributed by atoms with Crippen molar-refractivity contribution in [1.29, 1.82) is 0 Å². The van der Waals surface area contributed by atoms with Gasteiger partial charge in [0.25, 0.3) is 4.90 Å². The normalized spacial score (nSPS) is 13.1. The summed E-state index contributed by atoms with van der Waals surface area (Å²) in [6.45, 7) is 0. The Labute approximate surface area is 223 Å². The molecule has 1 heterocycles. The van der Waals surface area contributed by atoms with Crippen molar-refractivity contribution in [3.05, 3.63) is 63.9 Å². The van der Waals surface area contributed by atoms with E-state index in [0.717, 1.165) is 16.8 Å². The SMILES string of the molecule is COc1ccc2c(C3CC3)ccc(-n3c(Br)nnc3SCC(=O)Nc3ccc([S+]=O)cc3Cl)c2c1. The number of benzene rings is 3. The Bertz CT molecular complexity index is 1460. The second-order valence-electron chi connectivity index (χ2n) is 8.01. The maximum absolute atomic E-state index is 12.6. The summed E-state index contributed by atoms with van der Waals surface area (Å²) in [6, 6.07) is 15.1. The van der Waals surface area contributed by atoms with E-state index < -0.39 is 0 Å². The summed E-state index contributed by atoms with van der Waals surface area (Å²) in [4.78, 5) is 13.1. The molecule has 5 rings (SSSR count). The zero-order valence-corrected chi connectivity index (χ0v) is 22.4. The van der Waals surface area contributed by atoms with Crippen LogP contribution >= 0.6 is 39.3 Å². The third-order valence-corrected chi connectivity index (χ3v) is 7.93. The smallest absolute Gasteiger partial charge is 0.497 e. The van der Waals surface area contributed by atoms with E-state index in [4.69, 9.17) is 16.3 Å². The number of thioether (sulfide) groups is 1. The molecule has 0 spiro atoms. The Hall–Kier alpha value is -2.53. The Morgan fingerprint density at radius 2 is 2.03 bits per heavy atom. The Morgan fingerprint density at radius 3 is 2.74 bits per heavy atom. The second kappa shape index (κ2) is 10.2. The van der Waals surface area contributed by atoms with Gasteiger partial charge < -0.3 is 10.1 Å². The third-order valence-electron chi connectivity index (χ3n) is 5.73. The minimum absolute atomic E-state index is 0.0981. The predicted molar refractivity (Wildman–Crippen MR) is 142 cm³/mol. The topological polar surface area (TPSA) is 86.1 Å². The highest BCUT2D eigenvalue weighted by Gasteiger charge is 2.27. The molecule has 178 valence electrons. The van der Waals surface area contributed by atoms with Crippen molar-refractivity contribution in [3.63, 3.8) is 0 Å². The number of fused-ring (bicyclic) bond motifs is 1. The van der Waals surface area contributed by atoms with Gasteiger partial charge in [0.15, 0.2) is 5.16 Å². The highest BCUT2D eigenvalue weighted by Crippen LogP contribution is 2.45. The molecule has 1 saturated carbocycles. The molecule has 4 aromatic rings. The van der Waals surface area contributed by atoms with E-state index in [1.807, 2.05) is 16.7 Å². The number of carbonyl (C=O) groups excluding carboxylic acids is 1. The average Bonchev–Trinajstić information content (AvgIpc) is 3.65. The van der Waals surface area contributed by atoms with Crippen LogP contribution in [0.2, 0.25) is 5.02 Å². The maximum Gasteiger partial charge on any atom is 0.505 e. The summed E-state index contributed by atoms with van der Waals surface area (Å²) in [5.74, 6) is 1.21. The largest absolute Gasteiger partial charge is 0.505 e. The van der Waals surface area contributed by atoms with Crippen LogP contribution in [-0.4, -0.2) is 33.5 Å². The Kier molecular flexibility index (Phi) is 7.06. The fraction of sp³-hybridized carbons (Fsp3) is 0.208. The zero-order valence-electron chi connectivity index (χ0n) is 18.5. The molecule has 0 atom stereocenters. The van der Waals surface area contributed by atoms with Gasteiger partial charge in [0.05, 0.1) is 29.3 Å². The van der Waals surface area contributed by atoms with Crippen molar-refractivity contribution in [3.8, 4) is 11.4 Å². The van der Waals surface area contributed by atoms with Crippen LogP contribution in [0.25, 0.3) is 16.5 Å². The molecule has 0 radical (unpaired) electrons. The number of hydrogen-bond acceptors (Lipinski definition) is 6. The summed E-state index contributed by atoms with van der Waals surface area (Å²) in [5.41, 5.74) is 2.69. The lowest BCUT2D eigenvalue weighted by Gasteiger charge is -2.15. The van der Waals surface area contributed by atoms with E-state index in [-0.39, 0.29) is 11.7 Å². The van der Waals surface area contributed by atoms with E-state index in [2.05, 4.69) is 49.6 Å². The average molecular weight is 591 g/mol. The molecule has 1 N–H and O–H groups in total. The van der Waals surface area contributed by atoms with Gasteiger partial charge in [0.1, 0.15) is 5.75 Å². The van der Waals surface area contributed by atoms with Gasteiger partial charge >= 0.3 is 11.7 Å². The molecule has 1 aromatic heterocycles. The molecule has 1 amide bonds. The number of nitrogens with one attached hydrogen (secondary N) is 1. The second-order valence-corrected chi connectivity index (χ2v) is 10.7. The van der Waals surface area contributed by atoms with Crippen LogP contribution in [0.15, 0.2) is 63.3 Å². The zero-order chi connectivity index (χ0) is 24.5. The first-order valence-corrected chi connectivity index (χ1v) is 13.6. The number of rotatable bonds is 8. The minimum Gasteiger partial charge on any atom is -0.497 e. The predicted octanol–water partition coefficient (Wildman–Crippen LogP) is 6.24. The van der Waals surface area contributed by atoms with Crippen LogP contribution in [0.4, 0.5) is 5.69 Å². The van der Waals surface area contributed by atoms with E-state index in [1.165, 1.54) is 41.6 Å². The first-order valence-electron chi connectivity index (χ1n) is 10.7. The van der Waals surface area contributed by atoms with Crippen LogP contribution in [0.3, 0.4) is 0 Å². The lowest BCUT2D eigenvalue weighted by atomic mass is 9.99. The monoisotopic (exact) mass is 589 g/mol. The van der Waals surface area contributed by atoms with Gasteiger partial charge in [-0.3, -0.25) is 9.36 Å². The molecule has 1 fully saturated rings. The van der Waals surface area contributed by atoms with Gasteiger partial charge in [-0.2, -0.15) is 0 Å². The summed E-state index contributed by atoms with van der Waals surface area (Å²) in [7, 11) is 1.65. The van der Waals surface area contributed by atoms with Gasteiger partial charge in [-0.15, -0.1) is 10.2 Å². The molecule has 0 saturated heterocycles. The van der Waals surface area contributed by atoms with Gasteiger partial charge in [-0.25, -0.2) is 0 Å². The molecule has 11 heteroatoms. The van der Waals surface area contributed by atoms with Crippen LogP contribution in [0, 0.1) is 0 Å². The summed E-state index contributed by atoms with van der Waals surface area (Å²) < 4.78 is 18.9. The minimum atomic E-state index is -0.249. The lowest BCUT2D eigenvalue weighted by molar-refractivity contribution is -0.113. The molecule has 7 nitrogen and oxygen atoms in total. The number of aromatic nitrogens is 3. The summed E-state index contributed by atoms with van der Waals surface area (Å²) >= 11 is 11.3. The van der Waals surface area contributed by atoms with Gasteiger partial charge in [-0.05, 0) is 69.9 Å².